The third-order valence-corrected chi connectivity index (χ3v) is 2.55. The van der Waals surface area contributed by atoms with Crippen molar-refractivity contribution in [1.29, 1.82) is 0 Å². The zero-order valence-electron chi connectivity index (χ0n) is 6.52. The zero-order chi connectivity index (χ0) is 6.85. The minimum Gasteiger partial charge on any atom is -0.0779 e. The highest BCUT2D eigenvalue weighted by atomic mass is 14.2. The monoisotopic (exact) mass is 123 g/mol. The van der Waals surface area contributed by atoms with Gasteiger partial charge in [-0.1, -0.05) is 26.8 Å². The molecule has 0 nitrogen and oxygen atoms in total. The van der Waals surface area contributed by atoms with Crippen LogP contribution in [0.4, 0.5) is 0 Å². The Morgan fingerprint density at radius 2 is 2.00 bits per heavy atom. The first-order valence-electron chi connectivity index (χ1n) is 3.78. The van der Waals surface area contributed by atoms with E-state index in [4.69, 9.17) is 0 Å². The minimum atomic E-state index is 0.744. The third kappa shape index (κ3) is 1.35. The molecule has 0 aromatic heterocycles. The van der Waals surface area contributed by atoms with E-state index in [1.54, 1.807) is 0 Å². The maximum absolute atomic E-state index is 3.29. The Kier molecular flexibility index (Phi) is 1.94. The van der Waals surface area contributed by atoms with Gasteiger partial charge in [0.2, 0.25) is 0 Å². The highest BCUT2D eigenvalue weighted by molar-refractivity contribution is 4.91. The average Bonchev–Trinajstić information content (AvgIpc) is 1.83. The topological polar surface area (TPSA) is 0 Å². The van der Waals surface area contributed by atoms with Gasteiger partial charge in [0.25, 0.3) is 0 Å². The van der Waals surface area contributed by atoms with E-state index in [1.165, 1.54) is 0 Å². The van der Waals surface area contributed by atoms with E-state index < -0.39 is 0 Å². The molecule has 0 heterocycles. The van der Waals surface area contributed by atoms with Crippen molar-refractivity contribution in [2.24, 2.45) is 17.8 Å². The van der Waals surface area contributed by atoms with E-state index in [0.717, 1.165) is 24.2 Å². The molecule has 0 saturated heterocycles. The van der Waals surface area contributed by atoms with Crippen molar-refractivity contribution in [3.8, 4) is 0 Å². The standard InChI is InChI=1S/C9H15/c1-7-5-4-6-8(2)9(7)3/h5,7-9H,6H2,1-3H3. The highest BCUT2D eigenvalue weighted by Crippen LogP contribution is 2.28. The van der Waals surface area contributed by atoms with Crippen molar-refractivity contribution in [1.82, 2.24) is 0 Å². The molecule has 1 aliphatic carbocycles. The van der Waals surface area contributed by atoms with Gasteiger partial charge >= 0.3 is 0 Å². The molecule has 0 aliphatic heterocycles. The Bertz CT molecular complexity index is 113. The van der Waals surface area contributed by atoms with Crippen LogP contribution in [-0.2, 0) is 0 Å². The van der Waals surface area contributed by atoms with E-state index >= 15 is 0 Å². The lowest BCUT2D eigenvalue weighted by atomic mass is 9.79. The number of hydrogen-bond acceptors (Lipinski definition) is 0. The average molecular weight is 123 g/mol. The van der Waals surface area contributed by atoms with E-state index in [1.807, 2.05) is 0 Å². The summed E-state index contributed by atoms with van der Waals surface area (Å²) in [6.45, 7) is 6.90. The van der Waals surface area contributed by atoms with Gasteiger partial charge in [0.05, 0.1) is 0 Å². The molecular weight excluding hydrogens is 108 g/mol. The van der Waals surface area contributed by atoms with Gasteiger partial charge in [0.15, 0.2) is 0 Å². The highest BCUT2D eigenvalue weighted by Gasteiger charge is 2.19. The molecule has 0 N–H and O–H groups in total. The molecule has 0 fully saturated rings. The summed E-state index contributed by atoms with van der Waals surface area (Å²) in [7, 11) is 0. The third-order valence-electron chi connectivity index (χ3n) is 2.55. The van der Waals surface area contributed by atoms with Gasteiger partial charge in [-0.25, -0.2) is 0 Å². The number of allylic oxidation sites excluding steroid dienone is 2. The molecule has 9 heavy (non-hydrogen) atoms. The molecule has 3 unspecified atom stereocenters. The summed E-state index contributed by atoms with van der Waals surface area (Å²) >= 11 is 0. The van der Waals surface area contributed by atoms with Crippen molar-refractivity contribution in [3.05, 3.63) is 12.2 Å². The minimum absolute atomic E-state index is 0.744. The second kappa shape index (κ2) is 2.55. The van der Waals surface area contributed by atoms with Crippen LogP contribution in [0, 0.1) is 23.8 Å². The van der Waals surface area contributed by atoms with Crippen LogP contribution in [0.3, 0.4) is 0 Å². The summed E-state index contributed by atoms with van der Waals surface area (Å²) in [6.07, 6.45) is 6.66. The summed E-state index contributed by atoms with van der Waals surface area (Å²) in [4.78, 5) is 0. The Morgan fingerprint density at radius 1 is 1.33 bits per heavy atom. The van der Waals surface area contributed by atoms with Crippen LogP contribution in [0.1, 0.15) is 27.2 Å². The SMILES string of the molecule is CC1C=[C]CC(C)C1C. The first kappa shape index (κ1) is 6.85. The molecule has 1 radical (unpaired) electrons. The fourth-order valence-electron chi connectivity index (χ4n) is 1.30. The Balaban J connectivity index is 2.58. The molecule has 51 valence electrons. The van der Waals surface area contributed by atoms with Crippen LogP contribution in [-0.4, -0.2) is 0 Å². The molecule has 0 spiro atoms. The van der Waals surface area contributed by atoms with Gasteiger partial charge in [-0.15, -0.1) is 0 Å². The predicted octanol–water partition coefficient (Wildman–Crippen LogP) is 2.66. The summed E-state index contributed by atoms with van der Waals surface area (Å²) < 4.78 is 0. The van der Waals surface area contributed by atoms with E-state index in [0.29, 0.717) is 0 Å². The fourth-order valence-corrected chi connectivity index (χ4v) is 1.30. The molecule has 0 bridgehead atoms. The van der Waals surface area contributed by atoms with Gasteiger partial charge < -0.3 is 0 Å². The van der Waals surface area contributed by atoms with E-state index in [9.17, 15) is 0 Å². The van der Waals surface area contributed by atoms with Crippen molar-refractivity contribution in [2.75, 3.05) is 0 Å². The normalized spacial score (nSPS) is 43.2. The van der Waals surface area contributed by atoms with Crippen molar-refractivity contribution in [3.63, 3.8) is 0 Å². The predicted molar refractivity (Wildman–Crippen MR) is 39.9 cm³/mol. The van der Waals surface area contributed by atoms with Gasteiger partial charge in [-0.05, 0) is 30.3 Å². The zero-order valence-corrected chi connectivity index (χ0v) is 6.52. The van der Waals surface area contributed by atoms with Crippen LogP contribution >= 0.6 is 0 Å². The molecule has 1 rings (SSSR count). The molecule has 0 aromatic rings. The summed E-state index contributed by atoms with van der Waals surface area (Å²) in [5.74, 6) is 2.44. The summed E-state index contributed by atoms with van der Waals surface area (Å²) in [5.41, 5.74) is 0. The van der Waals surface area contributed by atoms with Gasteiger partial charge in [0.1, 0.15) is 0 Å². The second-order valence-corrected chi connectivity index (χ2v) is 3.27. The molecular formula is C9H15. The van der Waals surface area contributed by atoms with Crippen molar-refractivity contribution >= 4 is 0 Å². The Labute approximate surface area is 58.0 Å². The maximum atomic E-state index is 3.29. The molecule has 3 atom stereocenters. The second-order valence-electron chi connectivity index (χ2n) is 3.27. The molecule has 0 amide bonds. The fraction of sp³-hybridized carbons (Fsp3) is 0.778. The first-order chi connectivity index (χ1) is 4.22. The Morgan fingerprint density at radius 3 is 2.44 bits per heavy atom. The maximum Gasteiger partial charge on any atom is -0.0228 e. The molecule has 0 saturated carbocycles. The van der Waals surface area contributed by atoms with Crippen LogP contribution < -0.4 is 0 Å². The van der Waals surface area contributed by atoms with Gasteiger partial charge in [-0.3, -0.25) is 0 Å². The van der Waals surface area contributed by atoms with Crippen molar-refractivity contribution < 1.29 is 0 Å². The van der Waals surface area contributed by atoms with Crippen molar-refractivity contribution in [2.45, 2.75) is 27.2 Å². The lowest BCUT2D eigenvalue weighted by Gasteiger charge is -2.26. The largest absolute Gasteiger partial charge is 0.0779 e. The molecule has 0 aromatic carbocycles. The number of rotatable bonds is 0. The van der Waals surface area contributed by atoms with Crippen LogP contribution in [0.5, 0.6) is 0 Å². The van der Waals surface area contributed by atoms with E-state index in [2.05, 4.69) is 32.9 Å². The smallest absolute Gasteiger partial charge is 0.0228 e. The first-order valence-corrected chi connectivity index (χ1v) is 3.78. The molecule has 1 aliphatic rings. The summed E-state index contributed by atoms with van der Waals surface area (Å²) in [5, 5.41) is 0. The van der Waals surface area contributed by atoms with E-state index in [-0.39, 0.29) is 0 Å². The van der Waals surface area contributed by atoms with Crippen LogP contribution in [0.2, 0.25) is 0 Å². The number of hydrogen-bond donors (Lipinski definition) is 0. The Hall–Kier alpha value is -0.260. The quantitative estimate of drug-likeness (QED) is 0.464. The van der Waals surface area contributed by atoms with Gasteiger partial charge in [0, 0.05) is 0 Å². The lowest BCUT2D eigenvalue weighted by Crippen LogP contribution is -2.17. The lowest BCUT2D eigenvalue weighted by molar-refractivity contribution is 0.301. The van der Waals surface area contributed by atoms with Gasteiger partial charge in [-0.2, -0.15) is 0 Å². The molecule has 0 heteroatoms. The van der Waals surface area contributed by atoms with Crippen LogP contribution in [0.25, 0.3) is 0 Å². The van der Waals surface area contributed by atoms with Crippen LogP contribution in [0.15, 0.2) is 6.08 Å². The summed E-state index contributed by atoms with van der Waals surface area (Å²) in [6, 6.07) is 0.